The summed E-state index contributed by atoms with van der Waals surface area (Å²) in [5, 5.41) is 11.9. The first kappa shape index (κ1) is 12.6. The van der Waals surface area contributed by atoms with Crippen molar-refractivity contribution in [1.82, 2.24) is 5.32 Å². The van der Waals surface area contributed by atoms with E-state index in [4.69, 9.17) is 5.11 Å². The molecule has 2 rings (SSSR count). The number of nitrogens with one attached hydrogen (secondary N) is 1. The van der Waals surface area contributed by atoms with Gasteiger partial charge in [-0.25, -0.2) is 4.79 Å². The molecule has 1 saturated carbocycles. The van der Waals surface area contributed by atoms with Crippen LogP contribution in [0.2, 0.25) is 0 Å². The Balaban J connectivity index is 1.86. The Hall–Kier alpha value is -1.84. The smallest absolute Gasteiger partial charge is 0.335 e. The van der Waals surface area contributed by atoms with Gasteiger partial charge in [-0.05, 0) is 30.9 Å². The van der Waals surface area contributed by atoms with Crippen LogP contribution in [0.3, 0.4) is 0 Å². The van der Waals surface area contributed by atoms with E-state index in [2.05, 4.69) is 5.32 Å². The lowest BCUT2D eigenvalue weighted by Gasteiger charge is -2.24. The normalized spacial score (nSPS) is 14.9. The maximum absolute atomic E-state index is 11.6. The summed E-state index contributed by atoms with van der Waals surface area (Å²) in [7, 11) is 0. The molecule has 0 heterocycles. The number of carbonyl (C=O) groups excluding carboxylic acids is 1. The molecule has 1 fully saturated rings. The van der Waals surface area contributed by atoms with Gasteiger partial charge in [-0.3, -0.25) is 4.79 Å². The largest absolute Gasteiger partial charge is 0.478 e. The zero-order chi connectivity index (χ0) is 13.0. The van der Waals surface area contributed by atoms with Crippen LogP contribution in [0.5, 0.6) is 0 Å². The van der Waals surface area contributed by atoms with Gasteiger partial charge < -0.3 is 10.4 Å². The van der Waals surface area contributed by atoms with Crippen molar-refractivity contribution in [2.75, 3.05) is 6.54 Å². The van der Waals surface area contributed by atoms with Gasteiger partial charge in [-0.15, -0.1) is 0 Å². The van der Waals surface area contributed by atoms with E-state index in [1.807, 2.05) is 6.07 Å². The number of aromatic carboxylic acids is 1. The molecular formula is C14H17NO3. The second-order valence-corrected chi connectivity index (χ2v) is 4.63. The third kappa shape index (κ3) is 2.88. The van der Waals surface area contributed by atoms with Crippen LogP contribution in [-0.2, 0) is 11.2 Å². The van der Waals surface area contributed by atoms with Crippen molar-refractivity contribution in [2.45, 2.75) is 25.7 Å². The van der Waals surface area contributed by atoms with Crippen molar-refractivity contribution in [3.63, 3.8) is 0 Å². The van der Waals surface area contributed by atoms with Gasteiger partial charge in [-0.1, -0.05) is 24.6 Å². The average Bonchev–Trinajstić information content (AvgIpc) is 2.27. The Labute approximate surface area is 106 Å². The number of amides is 1. The second kappa shape index (κ2) is 5.67. The Bertz CT molecular complexity index is 452. The fourth-order valence-corrected chi connectivity index (χ4v) is 2.08. The Morgan fingerprint density at radius 3 is 2.61 bits per heavy atom. The fraction of sp³-hybridized carbons (Fsp3) is 0.429. The standard InChI is InChI=1S/C14H17NO3/c16-13(11-5-3-6-11)15-9-8-10-4-1-2-7-12(10)14(17)18/h1-2,4,7,11H,3,5-6,8-9H2,(H,15,16)(H,17,18). The Kier molecular flexibility index (Phi) is 3.97. The molecule has 1 aromatic carbocycles. The molecule has 18 heavy (non-hydrogen) atoms. The first-order chi connectivity index (χ1) is 8.68. The van der Waals surface area contributed by atoms with Crippen molar-refractivity contribution in [3.05, 3.63) is 35.4 Å². The molecule has 1 aliphatic rings. The van der Waals surface area contributed by atoms with Crippen LogP contribution < -0.4 is 5.32 Å². The van der Waals surface area contributed by atoms with Crippen LogP contribution in [-0.4, -0.2) is 23.5 Å². The number of carbonyl (C=O) groups is 2. The highest BCUT2D eigenvalue weighted by atomic mass is 16.4. The van der Waals surface area contributed by atoms with Crippen LogP contribution in [0.4, 0.5) is 0 Å². The number of rotatable bonds is 5. The summed E-state index contributed by atoms with van der Waals surface area (Å²) in [5.41, 5.74) is 1.08. The molecule has 0 saturated heterocycles. The molecule has 0 bridgehead atoms. The number of hydrogen-bond donors (Lipinski definition) is 2. The number of carboxylic acid groups (broad SMARTS) is 1. The van der Waals surface area contributed by atoms with E-state index in [0.29, 0.717) is 18.5 Å². The third-order valence-electron chi connectivity index (χ3n) is 3.42. The lowest BCUT2D eigenvalue weighted by molar-refractivity contribution is -0.127. The molecular weight excluding hydrogens is 230 g/mol. The summed E-state index contributed by atoms with van der Waals surface area (Å²) in [5.74, 6) is -0.635. The molecule has 2 N–H and O–H groups in total. The quantitative estimate of drug-likeness (QED) is 0.834. The zero-order valence-corrected chi connectivity index (χ0v) is 10.2. The van der Waals surface area contributed by atoms with E-state index in [-0.39, 0.29) is 11.8 Å². The molecule has 0 aliphatic heterocycles. The monoisotopic (exact) mass is 247 g/mol. The Morgan fingerprint density at radius 2 is 2.00 bits per heavy atom. The number of carboxylic acids is 1. The molecule has 4 heteroatoms. The molecule has 0 atom stereocenters. The van der Waals surface area contributed by atoms with Gasteiger partial charge in [0, 0.05) is 12.5 Å². The first-order valence-corrected chi connectivity index (χ1v) is 6.27. The van der Waals surface area contributed by atoms with E-state index >= 15 is 0 Å². The minimum absolute atomic E-state index is 0.106. The van der Waals surface area contributed by atoms with Crippen molar-refractivity contribution in [3.8, 4) is 0 Å². The molecule has 0 spiro atoms. The molecule has 96 valence electrons. The molecule has 0 unspecified atom stereocenters. The second-order valence-electron chi connectivity index (χ2n) is 4.63. The maximum atomic E-state index is 11.6. The topological polar surface area (TPSA) is 66.4 Å². The molecule has 0 radical (unpaired) electrons. The van der Waals surface area contributed by atoms with E-state index in [9.17, 15) is 9.59 Å². The molecule has 1 aromatic rings. The van der Waals surface area contributed by atoms with Crippen molar-refractivity contribution < 1.29 is 14.7 Å². The van der Waals surface area contributed by atoms with Gasteiger partial charge in [0.15, 0.2) is 0 Å². The minimum atomic E-state index is -0.920. The highest BCUT2D eigenvalue weighted by Crippen LogP contribution is 2.26. The van der Waals surface area contributed by atoms with Crippen LogP contribution in [0.1, 0.15) is 35.2 Å². The summed E-state index contributed by atoms with van der Waals surface area (Å²) in [6, 6.07) is 6.90. The van der Waals surface area contributed by atoms with Crippen LogP contribution in [0.25, 0.3) is 0 Å². The molecule has 1 amide bonds. The summed E-state index contributed by atoms with van der Waals surface area (Å²) in [6.07, 6.45) is 3.66. The third-order valence-corrected chi connectivity index (χ3v) is 3.42. The minimum Gasteiger partial charge on any atom is -0.478 e. The Morgan fingerprint density at radius 1 is 1.28 bits per heavy atom. The van der Waals surface area contributed by atoms with Crippen molar-refractivity contribution in [1.29, 1.82) is 0 Å². The number of hydrogen-bond acceptors (Lipinski definition) is 2. The summed E-state index contributed by atoms with van der Waals surface area (Å²) >= 11 is 0. The van der Waals surface area contributed by atoms with E-state index in [1.165, 1.54) is 0 Å². The van der Waals surface area contributed by atoms with Crippen molar-refractivity contribution in [2.24, 2.45) is 5.92 Å². The molecule has 4 nitrogen and oxygen atoms in total. The van der Waals surface area contributed by atoms with Crippen LogP contribution >= 0.6 is 0 Å². The lowest BCUT2D eigenvalue weighted by atomic mass is 9.85. The average molecular weight is 247 g/mol. The highest BCUT2D eigenvalue weighted by molar-refractivity contribution is 5.89. The summed E-state index contributed by atoms with van der Waals surface area (Å²) in [4.78, 5) is 22.6. The van der Waals surface area contributed by atoms with Gasteiger partial charge in [0.1, 0.15) is 0 Å². The fourth-order valence-electron chi connectivity index (χ4n) is 2.08. The van der Waals surface area contributed by atoms with Gasteiger partial charge >= 0.3 is 5.97 Å². The SMILES string of the molecule is O=C(O)c1ccccc1CCNC(=O)C1CCC1. The predicted molar refractivity (Wildman–Crippen MR) is 67.5 cm³/mol. The van der Waals surface area contributed by atoms with Crippen LogP contribution in [0, 0.1) is 5.92 Å². The lowest BCUT2D eigenvalue weighted by Crippen LogP contribution is -2.35. The zero-order valence-electron chi connectivity index (χ0n) is 10.2. The molecule has 0 aromatic heterocycles. The predicted octanol–water partition coefficient (Wildman–Crippen LogP) is 1.84. The summed E-state index contributed by atoms with van der Waals surface area (Å²) in [6.45, 7) is 0.500. The van der Waals surface area contributed by atoms with E-state index in [1.54, 1.807) is 18.2 Å². The van der Waals surface area contributed by atoms with Gasteiger partial charge in [-0.2, -0.15) is 0 Å². The molecule has 1 aliphatic carbocycles. The highest BCUT2D eigenvalue weighted by Gasteiger charge is 2.24. The first-order valence-electron chi connectivity index (χ1n) is 6.27. The van der Waals surface area contributed by atoms with Crippen molar-refractivity contribution >= 4 is 11.9 Å². The van der Waals surface area contributed by atoms with Crippen LogP contribution in [0.15, 0.2) is 24.3 Å². The van der Waals surface area contributed by atoms with Gasteiger partial charge in [0.25, 0.3) is 0 Å². The summed E-state index contributed by atoms with van der Waals surface area (Å²) < 4.78 is 0. The maximum Gasteiger partial charge on any atom is 0.335 e. The van der Waals surface area contributed by atoms with Gasteiger partial charge in [0.05, 0.1) is 5.56 Å². The van der Waals surface area contributed by atoms with E-state index in [0.717, 1.165) is 24.8 Å². The van der Waals surface area contributed by atoms with E-state index < -0.39 is 5.97 Å². The van der Waals surface area contributed by atoms with Gasteiger partial charge in [0.2, 0.25) is 5.91 Å². The number of benzene rings is 1.